The normalized spacial score (nSPS) is 10.3. The molecule has 82 valence electrons. The SMILES string of the molecule is Cc1cc(SCc2ccccc2)c(N)nn1. The first-order valence-electron chi connectivity index (χ1n) is 5.02. The number of benzene rings is 1. The maximum Gasteiger partial charge on any atom is 0.159 e. The van der Waals surface area contributed by atoms with Gasteiger partial charge in [-0.2, -0.15) is 5.10 Å². The lowest BCUT2D eigenvalue weighted by atomic mass is 10.2. The highest BCUT2D eigenvalue weighted by Gasteiger charge is 2.03. The van der Waals surface area contributed by atoms with Crippen molar-refractivity contribution in [3.8, 4) is 0 Å². The Hall–Kier alpha value is -1.55. The number of nitrogens with zero attached hydrogens (tertiary/aromatic N) is 2. The zero-order chi connectivity index (χ0) is 11.4. The van der Waals surface area contributed by atoms with Crippen LogP contribution in [-0.4, -0.2) is 10.2 Å². The number of aryl methyl sites for hydroxylation is 1. The lowest BCUT2D eigenvalue weighted by molar-refractivity contribution is 0.962. The highest BCUT2D eigenvalue weighted by atomic mass is 32.2. The number of nitrogens with two attached hydrogens (primary N) is 1. The van der Waals surface area contributed by atoms with Gasteiger partial charge < -0.3 is 5.73 Å². The standard InChI is InChI=1S/C12H13N3S/c1-9-7-11(12(13)15-14-9)16-8-10-5-3-2-4-6-10/h2-7H,8H2,1H3,(H2,13,15). The molecule has 0 aliphatic rings. The molecule has 1 aromatic heterocycles. The topological polar surface area (TPSA) is 51.8 Å². The molecule has 0 spiro atoms. The Balaban J connectivity index is 2.08. The van der Waals surface area contributed by atoms with Crippen LogP contribution in [0.2, 0.25) is 0 Å². The lowest BCUT2D eigenvalue weighted by Crippen LogP contribution is -1.97. The summed E-state index contributed by atoms with van der Waals surface area (Å²) in [5.74, 6) is 1.41. The van der Waals surface area contributed by atoms with Gasteiger partial charge in [0.25, 0.3) is 0 Å². The molecule has 0 aliphatic heterocycles. The summed E-state index contributed by atoms with van der Waals surface area (Å²) < 4.78 is 0. The molecular weight excluding hydrogens is 218 g/mol. The Morgan fingerprint density at radius 2 is 1.94 bits per heavy atom. The third-order valence-electron chi connectivity index (χ3n) is 2.15. The maximum absolute atomic E-state index is 5.76. The first kappa shape index (κ1) is 11.0. The molecule has 16 heavy (non-hydrogen) atoms. The zero-order valence-corrected chi connectivity index (χ0v) is 9.87. The van der Waals surface area contributed by atoms with Crippen molar-refractivity contribution in [2.75, 3.05) is 5.73 Å². The number of hydrogen-bond acceptors (Lipinski definition) is 4. The van der Waals surface area contributed by atoms with Crippen LogP contribution in [-0.2, 0) is 5.75 Å². The van der Waals surface area contributed by atoms with Crippen LogP contribution in [0.5, 0.6) is 0 Å². The molecule has 0 amide bonds. The number of thioether (sulfide) groups is 1. The van der Waals surface area contributed by atoms with Crippen LogP contribution >= 0.6 is 11.8 Å². The van der Waals surface area contributed by atoms with Crippen LogP contribution in [0.4, 0.5) is 5.82 Å². The average molecular weight is 231 g/mol. The van der Waals surface area contributed by atoms with Crippen molar-refractivity contribution in [1.82, 2.24) is 10.2 Å². The van der Waals surface area contributed by atoms with E-state index in [1.807, 2.05) is 31.2 Å². The molecule has 2 N–H and O–H groups in total. The van der Waals surface area contributed by atoms with Crippen molar-refractivity contribution in [1.29, 1.82) is 0 Å². The fraction of sp³-hybridized carbons (Fsp3) is 0.167. The second-order valence-electron chi connectivity index (χ2n) is 3.51. The molecule has 4 heteroatoms. The molecular formula is C12H13N3S. The molecule has 0 saturated carbocycles. The summed E-state index contributed by atoms with van der Waals surface area (Å²) in [4.78, 5) is 0.997. The predicted molar refractivity (Wildman–Crippen MR) is 67.2 cm³/mol. The first-order valence-corrected chi connectivity index (χ1v) is 6.01. The van der Waals surface area contributed by atoms with E-state index in [2.05, 4.69) is 22.3 Å². The molecule has 3 nitrogen and oxygen atoms in total. The molecule has 0 bridgehead atoms. The van der Waals surface area contributed by atoms with Gasteiger partial charge in [0.1, 0.15) is 0 Å². The number of rotatable bonds is 3. The minimum Gasteiger partial charge on any atom is -0.381 e. The first-order chi connectivity index (χ1) is 7.75. The summed E-state index contributed by atoms with van der Waals surface area (Å²) in [6.45, 7) is 1.92. The van der Waals surface area contributed by atoms with E-state index in [-0.39, 0.29) is 0 Å². The maximum atomic E-state index is 5.76. The number of aromatic nitrogens is 2. The molecule has 0 fully saturated rings. The summed E-state index contributed by atoms with van der Waals surface area (Å²) in [5.41, 5.74) is 7.93. The van der Waals surface area contributed by atoms with Gasteiger partial charge in [-0.15, -0.1) is 16.9 Å². The van der Waals surface area contributed by atoms with Crippen molar-refractivity contribution in [2.45, 2.75) is 17.6 Å². The Kier molecular flexibility index (Phi) is 3.41. The zero-order valence-electron chi connectivity index (χ0n) is 9.05. The van der Waals surface area contributed by atoms with Crippen molar-refractivity contribution in [3.05, 3.63) is 47.7 Å². The largest absolute Gasteiger partial charge is 0.381 e. The molecule has 2 aromatic rings. The van der Waals surface area contributed by atoms with Gasteiger partial charge in [0.2, 0.25) is 0 Å². The molecule has 0 atom stereocenters. The van der Waals surface area contributed by atoms with Gasteiger partial charge in [0.15, 0.2) is 5.82 Å². The van der Waals surface area contributed by atoms with Gasteiger partial charge in [0.05, 0.1) is 10.6 Å². The molecule has 2 rings (SSSR count). The monoisotopic (exact) mass is 231 g/mol. The summed E-state index contributed by atoms with van der Waals surface area (Å²) in [6.07, 6.45) is 0. The van der Waals surface area contributed by atoms with E-state index in [0.717, 1.165) is 16.3 Å². The predicted octanol–water partition coefficient (Wildman–Crippen LogP) is 2.66. The smallest absolute Gasteiger partial charge is 0.159 e. The van der Waals surface area contributed by atoms with Crippen molar-refractivity contribution >= 4 is 17.6 Å². The van der Waals surface area contributed by atoms with Crippen molar-refractivity contribution < 1.29 is 0 Å². The van der Waals surface area contributed by atoms with Gasteiger partial charge in [-0.3, -0.25) is 0 Å². The Morgan fingerprint density at radius 1 is 1.19 bits per heavy atom. The van der Waals surface area contributed by atoms with Crippen LogP contribution in [0.1, 0.15) is 11.3 Å². The molecule has 1 heterocycles. The van der Waals surface area contributed by atoms with E-state index in [4.69, 9.17) is 5.73 Å². The average Bonchev–Trinajstić information content (AvgIpc) is 2.32. The fourth-order valence-corrected chi connectivity index (χ4v) is 2.28. The van der Waals surface area contributed by atoms with E-state index < -0.39 is 0 Å². The van der Waals surface area contributed by atoms with E-state index in [1.54, 1.807) is 11.8 Å². The van der Waals surface area contributed by atoms with E-state index in [9.17, 15) is 0 Å². The quantitative estimate of drug-likeness (QED) is 0.825. The van der Waals surface area contributed by atoms with Crippen molar-refractivity contribution in [2.24, 2.45) is 0 Å². The van der Waals surface area contributed by atoms with Gasteiger partial charge in [0, 0.05) is 5.75 Å². The number of anilines is 1. The molecule has 1 aromatic carbocycles. The van der Waals surface area contributed by atoms with E-state index >= 15 is 0 Å². The summed E-state index contributed by atoms with van der Waals surface area (Å²) in [5, 5.41) is 7.80. The van der Waals surface area contributed by atoms with Crippen LogP contribution in [0, 0.1) is 6.92 Å². The van der Waals surface area contributed by atoms with Crippen molar-refractivity contribution in [3.63, 3.8) is 0 Å². The van der Waals surface area contributed by atoms with Gasteiger partial charge in [-0.1, -0.05) is 30.3 Å². The van der Waals surface area contributed by atoms with Gasteiger partial charge in [-0.25, -0.2) is 0 Å². The number of hydrogen-bond donors (Lipinski definition) is 1. The minimum atomic E-state index is 0.506. The molecule has 0 radical (unpaired) electrons. The summed E-state index contributed by atoms with van der Waals surface area (Å²) in [6, 6.07) is 12.3. The van der Waals surface area contributed by atoms with Crippen LogP contribution in [0.3, 0.4) is 0 Å². The van der Waals surface area contributed by atoms with E-state index in [0.29, 0.717) is 5.82 Å². The number of nitrogen functional groups attached to an aromatic ring is 1. The Labute approximate surface area is 99.1 Å². The van der Waals surface area contributed by atoms with Crippen LogP contribution in [0.25, 0.3) is 0 Å². The van der Waals surface area contributed by atoms with Crippen LogP contribution < -0.4 is 5.73 Å². The Morgan fingerprint density at radius 3 is 2.69 bits per heavy atom. The third-order valence-corrected chi connectivity index (χ3v) is 3.26. The minimum absolute atomic E-state index is 0.506. The third kappa shape index (κ3) is 2.73. The summed E-state index contributed by atoms with van der Waals surface area (Å²) in [7, 11) is 0. The molecule has 0 saturated heterocycles. The molecule has 0 aliphatic carbocycles. The second-order valence-corrected chi connectivity index (χ2v) is 4.53. The summed E-state index contributed by atoms with van der Waals surface area (Å²) >= 11 is 1.69. The highest BCUT2D eigenvalue weighted by Crippen LogP contribution is 2.26. The van der Waals surface area contributed by atoms with E-state index in [1.165, 1.54) is 5.56 Å². The Bertz CT molecular complexity index is 471. The highest BCUT2D eigenvalue weighted by molar-refractivity contribution is 7.98. The second kappa shape index (κ2) is 4.99. The lowest BCUT2D eigenvalue weighted by Gasteiger charge is -2.04. The van der Waals surface area contributed by atoms with Gasteiger partial charge in [-0.05, 0) is 18.6 Å². The van der Waals surface area contributed by atoms with Gasteiger partial charge >= 0.3 is 0 Å². The molecule has 0 unspecified atom stereocenters. The fourth-order valence-electron chi connectivity index (χ4n) is 1.33. The van der Waals surface area contributed by atoms with Crippen LogP contribution in [0.15, 0.2) is 41.3 Å².